The number of aryl methyl sites for hydroxylation is 1. The molecule has 0 radical (unpaired) electrons. The average molecular weight is 376 g/mol. The van der Waals surface area contributed by atoms with Gasteiger partial charge in [-0.25, -0.2) is 0 Å². The maximum atomic E-state index is 6.03. The third-order valence-electron chi connectivity index (χ3n) is 4.22. The number of aromatic nitrogens is 5. The Bertz CT molecular complexity index is 878. The molecule has 0 aliphatic carbocycles. The van der Waals surface area contributed by atoms with Gasteiger partial charge in [0.1, 0.15) is 5.82 Å². The fourth-order valence-electron chi connectivity index (χ4n) is 2.89. The van der Waals surface area contributed by atoms with Crippen molar-refractivity contribution >= 4 is 23.4 Å². The van der Waals surface area contributed by atoms with Crippen LogP contribution in [0.3, 0.4) is 0 Å². The Morgan fingerprint density at radius 1 is 1.16 bits per heavy atom. The van der Waals surface area contributed by atoms with Gasteiger partial charge in [-0.2, -0.15) is 0 Å². The first-order chi connectivity index (χ1) is 12.2. The van der Waals surface area contributed by atoms with Crippen LogP contribution in [0.2, 0.25) is 5.02 Å². The Labute approximate surface area is 155 Å². The van der Waals surface area contributed by atoms with E-state index < -0.39 is 0 Å². The quantitative estimate of drug-likeness (QED) is 0.622. The van der Waals surface area contributed by atoms with E-state index in [1.807, 2.05) is 31.2 Å². The fourth-order valence-corrected chi connectivity index (χ4v) is 4.01. The Morgan fingerprint density at radius 3 is 2.96 bits per heavy atom. The zero-order valence-electron chi connectivity index (χ0n) is 13.9. The second-order valence-electron chi connectivity index (χ2n) is 6.08. The molecule has 0 fully saturated rings. The van der Waals surface area contributed by atoms with Crippen LogP contribution in [0.5, 0.6) is 0 Å². The summed E-state index contributed by atoms with van der Waals surface area (Å²) in [5.74, 6) is 2.13. The van der Waals surface area contributed by atoms with Gasteiger partial charge in [0.05, 0.1) is 5.25 Å². The van der Waals surface area contributed by atoms with Crippen molar-refractivity contribution in [1.29, 1.82) is 0 Å². The van der Waals surface area contributed by atoms with E-state index in [4.69, 9.17) is 16.0 Å². The van der Waals surface area contributed by atoms with Crippen LogP contribution in [0.1, 0.15) is 43.2 Å². The topological polar surface area (TPSA) is 69.6 Å². The number of hydrogen-bond donors (Lipinski definition) is 0. The molecule has 1 aliphatic rings. The summed E-state index contributed by atoms with van der Waals surface area (Å²) in [7, 11) is 0. The molecular formula is C17H18ClN5OS. The first-order valence-corrected chi connectivity index (χ1v) is 9.64. The highest BCUT2D eigenvalue weighted by atomic mass is 35.5. The molecule has 0 spiro atoms. The van der Waals surface area contributed by atoms with E-state index in [-0.39, 0.29) is 5.25 Å². The highest BCUT2D eigenvalue weighted by Gasteiger charge is 2.21. The van der Waals surface area contributed by atoms with Crippen molar-refractivity contribution in [1.82, 2.24) is 25.0 Å². The Hall–Kier alpha value is -1.86. The van der Waals surface area contributed by atoms with E-state index in [1.54, 1.807) is 11.8 Å². The number of thioether (sulfide) groups is 1. The van der Waals surface area contributed by atoms with E-state index in [9.17, 15) is 0 Å². The molecule has 0 amide bonds. The summed E-state index contributed by atoms with van der Waals surface area (Å²) in [4.78, 5) is 0. The Morgan fingerprint density at radius 2 is 2.08 bits per heavy atom. The second kappa shape index (κ2) is 7.17. The molecule has 4 rings (SSSR count). The van der Waals surface area contributed by atoms with Crippen molar-refractivity contribution in [3.8, 4) is 11.5 Å². The second-order valence-corrected chi connectivity index (χ2v) is 7.82. The van der Waals surface area contributed by atoms with Crippen molar-refractivity contribution in [2.45, 2.75) is 49.6 Å². The minimum absolute atomic E-state index is 0.00279. The summed E-state index contributed by atoms with van der Waals surface area (Å²) in [6.07, 6.45) is 4.61. The molecule has 2 aromatic heterocycles. The van der Waals surface area contributed by atoms with Gasteiger partial charge in [0.2, 0.25) is 11.8 Å². The van der Waals surface area contributed by atoms with E-state index >= 15 is 0 Å². The van der Waals surface area contributed by atoms with Crippen LogP contribution < -0.4 is 0 Å². The maximum Gasteiger partial charge on any atom is 0.247 e. The number of hydrogen-bond acceptors (Lipinski definition) is 6. The third kappa shape index (κ3) is 3.57. The van der Waals surface area contributed by atoms with Gasteiger partial charge in [0.15, 0.2) is 5.16 Å². The maximum absolute atomic E-state index is 6.03. The van der Waals surface area contributed by atoms with Crippen molar-refractivity contribution in [2.75, 3.05) is 0 Å². The lowest BCUT2D eigenvalue weighted by Gasteiger charge is -2.09. The summed E-state index contributed by atoms with van der Waals surface area (Å²) in [6, 6.07) is 7.40. The molecule has 1 aliphatic heterocycles. The number of benzene rings is 1. The van der Waals surface area contributed by atoms with Gasteiger partial charge in [-0.05, 0) is 38.0 Å². The van der Waals surface area contributed by atoms with Gasteiger partial charge in [-0.3, -0.25) is 0 Å². The smallest absolute Gasteiger partial charge is 0.247 e. The molecule has 0 unspecified atom stereocenters. The summed E-state index contributed by atoms with van der Waals surface area (Å²) < 4.78 is 8.07. The van der Waals surface area contributed by atoms with Gasteiger partial charge >= 0.3 is 0 Å². The predicted molar refractivity (Wildman–Crippen MR) is 96.6 cm³/mol. The van der Waals surface area contributed by atoms with Crippen molar-refractivity contribution in [2.24, 2.45) is 0 Å². The molecule has 0 saturated heterocycles. The predicted octanol–water partition coefficient (Wildman–Crippen LogP) is 4.56. The van der Waals surface area contributed by atoms with E-state index in [2.05, 4.69) is 25.0 Å². The molecule has 25 heavy (non-hydrogen) atoms. The lowest BCUT2D eigenvalue weighted by atomic mass is 10.2. The minimum Gasteiger partial charge on any atom is -0.419 e. The van der Waals surface area contributed by atoms with Crippen LogP contribution in [0.15, 0.2) is 33.8 Å². The zero-order chi connectivity index (χ0) is 17.2. The van der Waals surface area contributed by atoms with Gasteiger partial charge in [-0.1, -0.05) is 35.9 Å². The minimum atomic E-state index is -0.00279. The van der Waals surface area contributed by atoms with Crippen molar-refractivity contribution < 1.29 is 4.42 Å². The van der Waals surface area contributed by atoms with Crippen molar-refractivity contribution in [3.05, 3.63) is 41.0 Å². The molecule has 3 aromatic rings. The number of rotatable bonds is 4. The number of halogens is 1. The highest BCUT2D eigenvalue weighted by Crippen LogP contribution is 2.35. The molecule has 1 aromatic carbocycles. The lowest BCUT2D eigenvalue weighted by molar-refractivity contribution is 0.508. The number of nitrogens with zero attached hydrogens (tertiary/aromatic N) is 5. The van der Waals surface area contributed by atoms with Gasteiger partial charge in [0.25, 0.3) is 0 Å². The van der Waals surface area contributed by atoms with Crippen molar-refractivity contribution in [3.63, 3.8) is 0 Å². The van der Waals surface area contributed by atoms with E-state index in [0.29, 0.717) is 16.8 Å². The van der Waals surface area contributed by atoms with Crippen LogP contribution >= 0.6 is 23.4 Å². The standard InChI is InChI=1S/C17H18ClN5OS/c1-11(25-17-22-19-14-8-3-2-4-9-23(14)17)15-20-21-16(24-15)12-6-5-7-13(18)10-12/h5-7,10-11H,2-4,8-9H2,1H3/t11-/m1/s1. The Kier molecular flexibility index (Phi) is 4.76. The van der Waals surface area contributed by atoms with Gasteiger partial charge in [0, 0.05) is 23.6 Å². The van der Waals surface area contributed by atoms with Crippen LogP contribution in [-0.2, 0) is 13.0 Å². The molecule has 6 nitrogen and oxygen atoms in total. The van der Waals surface area contributed by atoms with Gasteiger partial charge in [-0.15, -0.1) is 20.4 Å². The molecule has 3 heterocycles. The average Bonchev–Trinajstić information content (AvgIpc) is 3.17. The number of fused-ring (bicyclic) bond motifs is 1. The summed E-state index contributed by atoms with van der Waals surface area (Å²) in [6.45, 7) is 3.02. The molecule has 130 valence electrons. The summed E-state index contributed by atoms with van der Waals surface area (Å²) >= 11 is 7.63. The first kappa shape index (κ1) is 16.6. The highest BCUT2D eigenvalue weighted by molar-refractivity contribution is 7.99. The molecular weight excluding hydrogens is 358 g/mol. The normalized spacial score (nSPS) is 15.6. The van der Waals surface area contributed by atoms with Crippen LogP contribution in [0.4, 0.5) is 0 Å². The zero-order valence-corrected chi connectivity index (χ0v) is 15.4. The summed E-state index contributed by atoms with van der Waals surface area (Å²) in [5.41, 5.74) is 0.819. The third-order valence-corrected chi connectivity index (χ3v) is 5.52. The van der Waals surface area contributed by atoms with Crippen LogP contribution in [0, 0.1) is 0 Å². The van der Waals surface area contributed by atoms with E-state index in [1.165, 1.54) is 19.3 Å². The largest absolute Gasteiger partial charge is 0.419 e. The molecule has 1 atom stereocenters. The first-order valence-electron chi connectivity index (χ1n) is 8.39. The van der Waals surface area contributed by atoms with E-state index in [0.717, 1.165) is 29.5 Å². The molecule has 0 saturated carbocycles. The molecule has 0 bridgehead atoms. The molecule has 0 N–H and O–H groups in total. The molecule has 8 heteroatoms. The SMILES string of the molecule is C[C@@H](Sc1nnc2n1CCCCC2)c1nnc(-c2cccc(Cl)c2)o1. The fraction of sp³-hybridized carbons (Fsp3) is 0.412. The summed E-state index contributed by atoms with van der Waals surface area (Å²) in [5, 5.41) is 18.6. The lowest BCUT2D eigenvalue weighted by Crippen LogP contribution is -2.03. The van der Waals surface area contributed by atoms with Crippen LogP contribution in [-0.4, -0.2) is 25.0 Å². The Balaban J connectivity index is 1.52. The van der Waals surface area contributed by atoms with Gasteiger partial charge < -0.3 is 8.98 Å². The monoisotopic (exact) mass is 375 g/mol. The van der Waals surface area contributed by atoms with Crippen LogP contribution in [0.25, 0.3) is 11.5 Å².